The van der Waals surface area contributed by atoms with E-state index in [1.165, 1.54) is 6.07 Å². The molecule has 1 N–H and O–H groups in total. The van der Waals surface area contributed by atoms with E-state index in [4.69, 9.17) is 17.0 Å². The zero-order valence-electron chi connectivity index (χ0n) is 10.4. The van der Waals surface area contributed by atoms with Crippen LogP contribution in [0.15, 0.2) is 16.6 Å². The molecule has 0 bridgehead atoms. The van der Waals surface area contributed by atoms with Gasteiger partial charge in [0.25, 0.3) is 0 Å². The average Bonchev–Trinajstić information content (AvgIpc) is 2.57. The molecule has 0 unspecified atom stereocenters. The highest BCUT2D eigenvalue weighted by atomic mass is 79.9. The number of H-pyrrole nitrogens is 1. The zero-order valence-corrected chi connectivity index (χ0v) is 12.8. The molecule has 0 radical (unpaired) electrons. The van der Waals surface area contributed by atoms with Crippen LogP contribution >= 0.6 is 28.1 Å². The molecular formula is C12H14BrFN2OS. The Kier molecular flexibility index (Phi) is 3.62. The molecule has 18 heavy (non-hydrogen) atoms. The predicted octanol–water partition coefficient (Wildman–Crippen LogP) is 4.03. The molecule has 0 aliphatic carbocycles. The lowest BCUT2D eigenvalue weighted by Gasteiger charge is -2.23. The van der Waals surface area contributed by atoms with Gasteiger partial charge in [-0.3, -0.25) is 0 Å². The minimum Gasteiger partial charge on any atom is -0.377 e. The summed E-state index contributed by atoms with van der Waals surface area (Å²) in [5.41, 5.74) is 1.18. The lowest BCUT2D eigenvalue weighted by atomic mass is 10.1. The lowest BCUT2D eigenvalue weighted by Crippen LogP contribution is -2.29. The molecule has 0 saturated heterocycles. The van der Waals surface area contributed by atoms with Crippen molar-refractivity contribution in [3.05, 3.63) is 27.2 Å². The maximum absolute atomic E-state index is 13.6. The van der Waals surface area contributed by atoms with Gasteiger partial charge in [-0.15, -0.1) is 0 Å². The summed E-state index contributed by atoms with van der Waals surface area (Å²) in [7, 11) is 1.65. The van der Waals surface area contributed by atoms with Crippen molar-refractivity contribution in [1.29, 1.82) is 0 Å². The highest BCUT2D eigenvalue weighted by Gasteiger charge is 2.19. The fourth-order valence-corrected chi connectivity index (χ4v) is 2.37. The number of aromatic nitrogens is 2. The van der Waals surface area contributed by atoms with E-state index >= 15 is 0 Å². The molecule has 2 aromatic rings. The van der Waals surface area contributed by atoms with Crippen LogP contribution in [-0.4, -0.2) is 22.3 Å². The normalized spacial score (nSPS) is 12.3. The predicted molar refractivity (Wildman–Crippen MR) is 75.9 cm³/mol. The van der Waals surface area contributed by atoms with Gasteiger partial charge in [-0.05, 0) is 48.1 Å². The summed E-state index contributed by atoms with van der Waals surface area (Å²) in [6.07, 6.45) is 0. The minimum absolute atomic E-state index is 0.305. The fourth-order valence-electron chi connectivity index (χ4n) is 1.75. The molecule has 2 rings (SSSR count). The Hall–Kier alpha value is -0.720. The van der Waals surface area contributed by atoms with Gasteiger partial charge in [-0.25, -0.2) is 4.39 Å². The number of hydrogen-bond acceptors (Lipinski definition) is 2. The number of nitrogens with one attached hydrogen (secondary N) is 1. The number of hydrogen-bond donors (Lipinski definition) is 1. The van der Waals surface area contributed by atoms with Gasteiger partial charge in [-0.2, -0.15) is 0 Å². The number of imidazole rings is 1. The van der Waals surface area contributed by atoms with E-state index in [1.54, 1.807) is 13.2 Å². The SMILES string of the molecule is COC(C)(C)Cn1c(=S)[nH]c2cc(Br)c(F)cc21. The molecular weight excluding hydrogens is 319 g/mol. The average molecular weight is 333 g/mol. The Morgan fingerprint density at radius 1 is 1.50 bits per heavy atom. The molecule has 1 aromatic heterocycles. The van der Waals surface area contributed by atoms with Crippen LogP contribution in [0.5, 0.6) is 0 Å². The molecule has 0 atom stereocenters. The van der Waals surface area contributed by atoms with Crippen LogP contribution in [-0.2, 0) is 11.3 Å². The molecule has 6 heteroatoms. The lowest BCUT2D eigenvalue weighted by molar-refractivity contribution is 0.00872. The van der Waals surface area contributed by atoms with Gasteiger partial charge in [0.1, 0.15) is 5.82 Å². The Labute approximate surface area is 118 Å². The van der Waals surface area contributed by atoms with Gasteiger partial charge in [-0.1, -0.05) is 0 Å². The number of methoxy groups -OCH3 is 1. The Morgan fingerprint density at radius 3 is 2.78 bits per heavy atom. The van der Waals surface area contributed by atoms with Crippen LogP contribution < -0.4 is 0 Å². The van der Waals surface area contributed by atoms with Crippen molar-refractivity contribution in [2.75, 3.05) is 7.11 Å². The van der Waals surface area contributed by atoms with Gasteiger partial charge < -0.3 is 14.3 Å². The first-order valence-electron chi connectivity index (χ1n) is 5.47. The fraction of sp³-hybridized carbons (Fsp3) is 0.417. The van der Waals surface area contributed by atoms with Crippen LogP contribution in [0.25, 0.3) is 11.0 Å². The number of benzene rings is 1. The van der Waals surface area contributed by atoms with Crippen molar-refractivity contribution in [1.82, 2.24) is 9.55 Å². The second kappa shape index (κ2) is 4.75. The molecule has 0 amide bonds. The molecule has 0 aliphatic heterocycles. The Bertz CT molecular complexity index is 647. The molecule has 1 heterocycles. The number of fused-ring (bicyclic) bond motifs is 1. The van der Waals surface area contributed by atoms with Crippen LogP contribution in [0.3, 0.4) is 0 Å². The first-order valence-corrected chi connectivity index (χ1v) is 6.67. The van der Waals surface area contributed by atoms with Crippen LogP contribution in [0.2, 0.25) is 0 Å². The van der Waals surface area contributed by atoms with Crippen LogP contribution in [0.4, 0.5) is 4.39 Å². The summed E-state index contributed by atoms with van der Waals surface area (Å²) < 4.78 is 21.8. The summed E-state index contributed by atoms with van der Waals surface area (Å²) in [5, 5.41) is 0. The van der Waals surface area contributed by atoms with E-state index in [9.17, 15) is 4.39 Å². The largest absolute Gasteiger partial charge is 0.377 e. The Morgan fingerprint density at radius 2 is 2.17 bits per heavy atom. The summed E-state index contributed by atoms with van der Waals surface area (Å²) in [6, 6.07) is 3.16. The van der Waals surface area contributed by atoms with Crippen LogP contribution in [0, 0.1) is 10.6 Å². The van der Waals surface area contributed by atoms with E-state index in [0.29, 0.717) is 15.8 Å². The van der Waals surface area contributed by atoms with Gasteiger partial charge in [0.15, 0.2) is 4.77 Å². The van der Waals surface area contributed by atoms with E-state index in [1.807, 2.05) is 18.4 Å². The van der Waals surface area contributed by atoms with E-state index < -0.39 is 0 Å². The van der Waals surface area contributed by atoms with Gasteiger partial charge in [0.2, 0.25) is 0 Å². The molecule has 0 aliphatic rings. The van der Waals surface area contributed by atoms with Gasteiger partial charge >= 0.3 is 0 Å². The topological polar surface area (TPSA) is 29.9 Å². The molecule has 98 valence electrons. The quantitative estimate of drug-likeness (QED) is 0.860. The van der Waals surface area contributed by atoms with Crippen LogP contribution in [0.1, 0.15) is 13.8 Å². The Balaban J connectivity index is 2.60. The molecule has 3 nitrogen and oxygen atoms in total. The van der Waals surface area contributed by atoms with E-state index in [2.05, 4.69) is 20.9 Å². The third kappa shape index (κ3) is 2.50. The molecule has 0 fully saturated rings. The van der Waals surface area contributed by atoms with Crippen molar-refractivity contribution in [3.8, 4) is 0 Å². The minimum atomic E-state index is -0.364. The summed E-state index contributed by atoms with van der Waals surface area (Å²) in [6.45, 7) is 4.48. The third-order valence-corrected chi connectivity index (χ3v) is 3.84. The monoisotopic (exact) mass is 332 g/mol. The zero-order chi connectivity index (χ0) is 13.5. The van der Waals surface area contributed by atoms with Gasteiger partial charge in [0.05, 0.1) is 27.7 Å². The standard InChI is InChI=1S/C12H14BrFN2OS/c1-12(2,17-3)6-16-10-5-8(14)7(13)4-9(10)15-11(16)18/h4-5H,6H2,1-3H3,(H,15,18). The van der Waals surface area contributed by atoms with Crippen molar-refractivity contribution in [2.24, 2.45) is 0 Å². The molecule has 1 aromatic carbocycles. The summed E-state index contributed by atoms with van der Waals surface area (Å²) >= 11 is 8.43. The first kappa shape index (κ1) is 13.7. The second-order valence-corrected chi connectivity index (χ2v) is 6.00. The highest BCUT2D eigenvalue weighted by molar-refractivity contribution is 9.10. The van der Waals surface area contributed by atoms with E-state index in [-0.39, 0.29) is 11.4 Å². The van der Waals surface area contributed by atoms with Crippen molar-refractivity contribution < 1.29 is 9.13 Å². The van der Waals surface area contributed by atoms with Gasteiger partial charge in [0, 0.05) is 13.2 Å². The third-order valence-electron chi connectivity index (χ3n) is 2.91. The molecule has 0 saturated carbocycles. The summed E-state index contributed by atoms with van der Waals surface area (Å²) in [5.74, 6) is -0.305. The van der Waals surface area contributed by atoms with Crippen molar-refractivity contribution in [3.63, 3.8) is 0 Å². The second-order valence-electron chi connectivity index (χ2n) is 4.76. The maximum Gasteiger partial charge on any atom is 0.178 e. The smallest absolute Gasteiger partial charge is 0.178 e. The van der Waals surface area contributed by atoms with E-state index in [0.717, 1.165) is 11.0 Å². The molecule has 0 spiro atoms. The number of ether oxygens (including phenoxy) is 1. The first-order chi connectivity index (χ1) is 8.34. The number of halogens is 2. The van der Waals surface area contributed by atoms with Crippen molar-refractivity contribution in [2.45, 2.75) is 26.0 Å². The highest BCUT2D eigenvalue weighted by Crippen LogP contribution is 2.24. The number of aromatic amines is 1. The maximum atomic E-state index is 13.6. The number of nitrogens with zero attached hydrogens (tertiary/aromatic N) is 1. The number of rotatable bonds is 3. The van der Waals surface area contributed by atoms with Crippen molar-refractivity contribution >= 4 is 39.2 Å². The summed E-state index contributed by atoms with van der Waals surface area (Å²) in [4.78, 5) is 3.07.